The van der Waals surface area contributed by atoms with Crippen LogP contribution in [-0.2, 0) is 9.59 Å². The average Bonchev–Trinajstić information content (AvgIpc) is 2.90. The molecule has 0 saturated carbocycles. The Morgan fingerprint density at radius 2 is 1.84 bits per heavy atom. The van der Waals surface area contributed by atoms with E-state index in [2.05, 4.69) is 10.5 Å². The van der Waals surface area contributed by atoms with E-state index in [0.717, 1.165) is 11.8 Å². The number of nitrogens with zero attached hydrogens (tertiary/aromatic N) is 2. The monoisotopic (exact) mass is 371 g/mol. The molecule has 1 amide bonds. The summed E-state index contributed by atoms with van der Waals surface area (Å²) < 4.78 is 0. The Morgan fingerprint density at radius 1 is 1.16 bits per heavy atom. The van der Waals surface area contributed by atoms with Crippen molar-refractivity contribution in [2.24, 2.45) is 5.10 Å². The molecule has 25 heavy (non-hydrogen) atoms. The highest BCUT2D eigenvalue weighted by atomic mass is 35.5. The highest BCUT2D eigenvalue weighted by Gasteiger charge is 2.35. The predicted octanol–water partition coefficient (Wildman–Crippen LogP) is 4.28. The molecule has 2 aromatic rings. The van der Waals surface area contributed by atoms with E-state index in [9.17, 15) is 9.59 Å². The summed E-state index contributed by atoms with van der Waals surface area (Å²) in [6.07, 6.45) is 1.43. The van der Waals surface area contributed by atoms with Crippen LogP contribution >= 0.6 is 23.4 Å². The molecule has 1 aliphatic heterocycles. The molecule has 0 spiro atoms. The molecule has 1 aliphatic rings. The van der Waals surface area contributed by atoms with Crippen molar-refractivity contribution < 1.29 is 9.59 Å². The number of anilines is 2. The van der Waals surface area contributed by atoms with Gasteiger partial charge in [-0.25, -0.2) is 0 Å². The van der Waals surface area contributed by atoms with E-state index in [0.29, 0.717) is 21.4 Å². The third-order valence-electron chi connectivity index (χ3n) is 3.28. The van der Waals surface area contributed by atoms with Crippen molar-refractivity contribution in [3.8, 4) is 0 Å². The number of para-hydroxylation sites is 1. The number of nitrogens with one attached hydrogen (secondary N) is 1. The van der Waals surface area contributed by atoms with Crippen LogP contribution in [0.3, 0.4) is 0 Å². The number of halogens is 1. The van der Waals surface area contributed by atoms with Crippen molar-refractivity contribution in [2.75, 3.05) is 10.3 Å². The Bertz CT molecular complexity index is 864. The maximum atomic E-state index is 12.7. The number of hydrogen-bond acceptors (Lipinski definition) is 5. The van der Waals surface area contributed by atoms with Crippen LogP contribution in [0.15, 0.2) is 70.8 Å². The molecular weight excluding hydrogens is 358 g/mol. The van der Waals surface area contributed by atoms with Crippen molar-refractivity contribution in [2.45, 2.75) is 6.92 Å². The average molecular weight is 372 g/mol. The quantitative estimate of drug-likeness (QED) is 0.643. The van der Waals surface area contributed by atoms with E-state index in [4.69, 9.17) is 11.6 Å². The Morgan fingerprint density at radius 3 is 2.48 bits per heavy atom. The van der Waals surface area contributed by atoms with E-state index >= 15 is 0 Å². The minimum absolute atomic E-state index is 0.136. The number of allylic oxidation sites excluding steroid dienone is 1. The van der Waals surface area contributed by atoms with E-state index in [-0.39, 0.29) is 16.7 Å². The molecule has 0 radical (unpaired) electrons. The molecule has 0 unspecified atom stereocenters. The summed E-state index contributed by atoms with van der Waals surface area (Å²) >= 11 is 7.00. The lowest BCUT2D eigenvalue weighted by Gasteiger charge is -2.15. The zero-order chi connectivity index (χ0) is 17.8. The fourth-order valence-electron chi connectivity index (χ4n) is 2.18. The summed E-state index contributed by atoms with van der Waals surface area (Å²) in [5.41, 5.74) is 4.23. The minimum Gasteiger partial charge on any atom is -0.295 e. The van der Waals surface area contributed by atoms with Crippen LogP contribution in [-0.4, -0.2) is 16.7 Å². The Balaban J connectivity index is 1.89. The summed E-state index contributed by atoms with van der Waals surface area (Å²) in [6, 6.07) is 16.1. The first-order valence-electron chi connectivity index (χ1n) is 7.43. The Kier molecular flexibility index (Phi) is 5.21. The van der Waals surface area contributed by atoms with Gasteiger partial charge in [-0.1, -0.05) is 29.8 Å². The predicted molar refractivity (Wildman–Crippen MR) is 103 cm³/mol. The molecule has 126 valence electrons. The van der Waals surface area contributed by atoms with Gasteiger partial charge >= 0.3 is 0 Å². The summed E-state index contributed by atoms with van der Waals surface area (Å²) in [4.78, 5) is 25.7. The second kappa shape index (κ2) is 7.55. The van der Waals surface area contributed by atoms with Crippen molar-refractivity contribution in [3.63, 3.8) is 0 Å². The molecule has 0 bridgehead atoms. The molecule has 2 aromatic carbocycles. The fraction of sp³-hybridized carbons (Fsp3) is 0.0556. The van der Waals surface area contributed by atoms with Crippen LogP contribution in [0.4, 0.5) is 11.4 Å². The van der Waals surface area contributed by atoms with E-state index < -0.39 is 0 Å². The Hall–Kier alpha value is -2.57. The van der Waals surface area contributed by atoms with Gasteiger partial charge in [-0.3, -0.25) is 19.9 Å². The summed E-state index contributed by atoms with van der Waals surface area (Å²) in [5.74, 6) is -0.423. The van der Waals surface area contributed by atoms with Crippen molar-refractivity contribution in [3.05, 3.63) is 70.7 Å². The van der Waals surface area contributed by atoms with Crippen LogP contribution in [0.25, 0.3) is 0 Å². The van der Waals surface area contributed by atoms with Crippen LogP contribution in [0.1, 0.15) is 6.92 Å². The molecule has 1 fully saturated rings. The van der Waals surface area contributed by atoms with Crippen molar-refractivity contribution in [1.29, 1.82) is 0 Å². The molecule has 5 nitrogen and oxygen atoms in total. The molecule has 7 heteroatoms. The van der Waals surface area contributed by atoms with Gasteiger partial charge in [0.2, 0.25) is 0 Å². The zero-order valence-corrected chi connectivity index (χ0v) is 14.8. The molecule has 1 heterocycles. The zero-order valence-electron chi connectivity index (χ0n) is 13.3. The third-order valence-corrected chi connectivity index (χ3v) is 4.50. The van der Waals surface area contributed by atoms with E-state index in [1.807, 2.05) is 30.3 Å². The van der Waals surface area contributed by atoms with Crippen molar-refractivity contribution >= 4 is 51.5 Å². The molecule has 1 saturated heterocycles. The second-order valence-corrected chi connectivity index (χ2v) is 6.65. The maximum Gasteiger partial charge on any atom is 0.290 e. The molecule has 0 atom stereocenters. The van der Waals surface area contributed by atoms with Crippen molar-refractivity contribution in [1.82, 2.24) is 0 Å². The van der Waals surface area contributed by atoms with Crippen LogP contribution < -0.4 is 10.3 Å². The number of carbonyl (C=O) groups is 2. The molecule has 1 N–H and O–H groups in total. The molecule has 3 rings (SSSR count). The van der Waals surface area contributed by atoms with Crippen LogP contribution in [0.5, 0.6) is 0 Å². The number of benzene rings is 2. The van der Waals surface area contributed by atoms with Gasteiger partial charge in [-0.15, -0.1) is 0 Å². The van der Waals surface area contributed by atoms with Gasteiger partial charge < -0.3 is 0 Å². The van der Waals surface area contributed by atoms with Crippen LogP contribution in [0.2, 0.25) is 5.02 Å². The standard InChI is InChI=1S/C18H14ClN3O2S/c1-12(23)11-16-22(15-5-3-2-4-6-15)18(24)17(25-16)21-20-14-9-7-13(19)8-10-14/h2-11,20H,1H3/b16-11-,21-17+. The third kappa shape index (κ3) is 4.10. The number of rotatable bonds is 4. The highest BCUT2D eigenvalue weighted by Crippen LogP contribution is 2.35. The summed E-state index contributed by atoms with van der Waals surface area (Å²) in [6.45, 7) is 1.45. The van der Waals surface area contributed by atoms with Gasteiger partial charge in [0, 0.05) is 16.8 Å². The van der Waals surface area contributed by atoms with Gasteiger partial charge in [0.1, 0.15) is 0 Å². The Labute approximate surface area is 154 Å². The van der Waals surface area contributed by atoms with E-state index in [1.165, 1.54) is 17.9 Å². The van der Waals surface area contributed by atoms with Crippen LogP contribution in [0, 0.1) is 0 Å². The van der Waals surface area contributed by atoms with Gasteiger partial charge in [0.25, 0.3) is 5.91 Å². The molecule has 0 aliphatic carbocycles. The first-order chi connectivity index (χ1) is 12.0. The molecule has 0 aromatic heterocycles. The molecular formula is C18H14ClN3O2S. The highest BCUT2D eigenvalue weighted by molar-refractivity contribution is 8.20. The smallest absolute Gasteiger partial charge is 0.290 e. The number of hydrogen-bond donors (Lipinski definition) is 1. The SMILES string of the molecule is CC(=O)/C=C1\S/C(=N/Nc2ccc(Cl)cc2)C(=O)N1c1ccccc1. The van der Waals surface area contributed by atoms with Gasteiger partial charge in [0.05, 0.1) is 10.7 Å². The largest absolute Gasteiger partial charge is 0.295 e. The minimum atomic E-state index is -0.287. The fourth-order valence-corrected chi connectivity index (χ4v) is 3.28. The lowest BCUT2D eigenvalue weighted by atomic mass is 10.3. The van der Waals surface area contributed by atoms with E-state index in [1.54, 1.807) is 24.3 Å². The lowest BCUT2D eigenvalue weighted by Crippen LogP contribution is -2.26. The normalized spacial score (nSPS) is 17.4. The number of ketones is 1. The first-order valence-corrected chi connectivity index (χ1v) is 8.63. The number of amides is 1. The topological polar surface area (TPSA) is 61.8 Å². The summed E-state index contributed by atoms with van der Waals surface area (Å²) in [7, 11) is 0. The maximum absolute atomic E-state index is 12.7. The number of thioether (sulfide) groups is 1. The number of hydrazone groups is 1. The second-order valence-electron chi connectivity index (χ2n) is 5.21. The lowest BCUT2D eigenvalue weighted by molar-refractivity contribution is -0.112. The van der Waals surface area contributed by atoms with Gasteiger partial charge in [-0.2, -0.15) is 5.10 Å². The van der Waals surface area contributed by atoms with Gasteiger partial charge in [0.15, 0.2) is 10.8 Å². The summed E-state index contributed by atoms with van der Waals surface area (Å²) in [5, 5.41) is 5.58. The first kappa shape index (κ1) is 17.3. The van der Waals surface area contributed by atoms with Gasteiger partial charge in [-0.05, 0) is 55.1 Å². The number of carbonyl (C=O) groups excluding carboxylic acids is 2.